The number of carbonyl (C=O) groups excluding carboxylic acids is 4. The lowest BCUT2D eigenvalue weighted by Gasteiger charge is -2.57. The van der Waals surface area contributed by atoms with Crippen LogP contribution in [0.4, 0.5) is 0 Å². The number of hydrogen-bond acceptors (Lipinski definition) is 7. The van der Waals surface area contributed by atoms with E-state index in [9.17, 15) is 24.3 Å². The lowest BCUT2D eigenvalue weighted by molar-refractivity contribution is -0.173. The molecule has 7 nitrogen and oxygen atoms in total. The van der Waals surface area contributed by atoms with E-state index in [1.54, 1.807) is 6.08 Å². The number of nitrogens with two attached hydrogens (primary N) is 1. The van der Waals surface area contributed by atoms with E-state index in [0.717, 1.165) is 31.3 Å². The molecule has 3 N–H and O–H groups in total. The van der Waals surface area contributed by atoms with Crippen LogP contribution in [0, 0.1) is 28.6 Å². The minimum atomic E-state index is -1.67. The highest BCUT2D eigenvalue weighted by Gasteiger charge is 2.68. The molecule has 0 aromatic carbocycles. The lowest BCUT2D eigenvalue weighted by atomic mass is 9.46. The highest BCUT2D eigenvalue weighted by molar-refractivity contribution is 5.95. The van der Waals surface area contributed by atoms with Gasteiger partial charge in [-0.2, -0.15) is 0 Å². The minimum absolute atomic E-state index is 0. The molecule has 0 amide bonds. The monoisotopic (exact) mass is 509 g/mol. The number of allylic oxidation sites excluding steroid dienone is 1. The van der Waals surface area contributed by atoms with E-state index in [4.69, 9.17) is 10.5 Å². The maximum Gasteiger partial charge on any atom is 0.306 e. The fourth-order valence-corrected chi connectivity index (χ4v) is 7.77. The van der Waals surface area contributed by atoms with Gasteiger partial charge in [-0.1, -0.05) is 25.8 Å². The SMILES string of the molecule is C[C@]12CCC(=O)C=C1CC[C@@H]1[C@@H]2C(=O)C[C@@]2(C)[C@H]1CC[C@]2(O)C(=O)COC(=O)CCCCCN.Cl. The quantitative estimate of drug-likeness (QED) is 0.379. The van der Waals surface area contributed by atoms with Crippen LogP contribution in [0.25, 0.3) is 0 Å². The van der Waals surface area contributed by atoms with Gasteiger partial charge in [0.25, 0.3) is 0 Å². The molecule has 35 heavy (non-hydrogen) atoms. The fraction of sp³-hybridized carbons (Fsp3) is 0.778. The zero-order valence-corrected chi connectivity index (χ0v) is 21.8. The van der Waals surface area contributed by atoms with E-state index in [1.165, 1.54) is 0 Å². The first kappa shape index (κ1) is 28.0. The van der Waals surface area contributed by atoms with Gasteiger partial charge in [0.1, 0.15) is 11.4 Å². The summed E-state index contributed by atoms with van der Waals surface area (Å²) in [5.41, 5.74) is 3.72. The smallest absolute Gasteiger partial charge is 0.306 e. The van der Waals surface area contributed by atoms with Crippen molar-refractivity contribution in [2.45, 2.75) is 90.1 Å². The summed E-state index contributed by atoms with van der Waals surface area (Å²) in [6.07, 6.45) is 8.18. The molecule has 4 rings (SSSR count). The highest BCUT2D eigenvalue weighted by Crippen LogP contribution is 2.66. The van der Waals surface area contributed by atoms with E-state index >= 15 is 0 Å². The van der Waals surface area contributed by atoms with Crippen LogP contribution in [-0.2, 0) is 23.9 Å². The molecule has 0 spiro atoms. The minimum Gasteiger partial charge on any atom is -0.458 e. The zero-order valence-electron chi connectivity index (χ0n) is 21.0. The first-order valence-electron chi connectivity index (χ1n) is 12.9. The van der Waals surface area contributed by atoms with E-state index < -0.39 is 29.4 Å². The van der Waals surface area contributed by atoms with Gasteiger partial charge < -0.3 is 15.6 Å². The van der Waals surface area contributed by atoms with Gasteiger partial charge >= 0.3 is 5.97 Å². The molecule has 4 aliphatic carbocycles. The van der Waals surface area contributed by atoms with Gasteiger partial charge in [-0.3, -0.25) is 19.2 Å². The summed E-state index contributed by atoms with van der Waals surface area (Å²) in [6, 6.07) is 0. The van der Waals surface area contributed by atoms with E-state index in [0.29, 0.717) is 32.2 Å². The van der Waals surface area contributed by atoms with Crippen LogP contribution in [0.1, 0.15) is 84.5 Å². The van der Waals surface area contributed by atoms with Gasteiger partial charge in [-0.15, -0.1) is 12.4 Å². The van der Waals surface area contributed by atoms with Crippen molar-refractivity contribution in [3.8, 4) is 0 Å². The van der Waals surface area contributed by atoms with Crippen LogP contribution in [-0.4, -0.2) is 47.2 Å². The van der Waals surface area contributed by atoms with Crippen molar-refractivity contribution in [3.63, 3.8) is 0 Å². The van der Waals surface area contributed by atoms with Crippen molar-refractivity contribution in [1.29, 1.82) is 0 Å². The molecule has 3 fully saturated rings. The second kappa shape index (κ2) is 10.4. The molecule has 3 saturated carbocycles. The van der Waals surface area contributed by atoms with Gasteiger partial charge in [0.05, 0.1) is 0 Å². The van der Waals surface area contributed by atoms with Crippen molar-refractivity contribution in [1.82, 2.24) is 0 Å². The number of carbonyl (C=O) groups is 4. The van der Waals surface area contributed by atoms with Crippen LogP contribution in [0.15, 0.2) is 11.6 Å². The summed E-state index contributed by atoms with van der Waals surface area (Å²) < 4.78 is 5.21. The number of hydrogen-bond donors (Lipinski definition) is 2. The average molecular weight is 510 g/mol. The molecule has 4 aliphatic rings. The predicted molar refractivity (Wildman–Crippen MR) is 133 cm³/mol. The number of rotatable bonds is 8. The average Bonchev–Trinajstić information content (AvgIpc) is 3.06. The Morgan fingerprint density at radius 1 is 1.11 bits per heavy atom. The van der Waals surface area contributed by atoms with E-state index in [2.05, 4.69) is 6.92 Å². The van der Waals surface area contributed by atoms with Crippen LogP contribution in [0.3, 0.4) is 0 Å². The summed E-state index contributed by atoms with van der Waals surface area (Å²) in [6.45, 7) is 4.13. The van der Waals surface area contributed by atoms with Gasteiger partial charge in [-0.25, -0.2) is 0 Å². The summed E-state index contributed by atoms with van der Waals surface area (Å²) in [5.74, 6) is -0.724. The molecule has 196 valence electrons. The molecule has 0 saturated heterocycles. The first-order chi connectivity index (χ1) is 16.1. The summed E-state index contributed by atoms with van der Waals surface area (Å²) in [4.78, 5) is 50.9. The molecule has 0 heterocycles. The zero-order chi connectivity index (χ0) is 24.7. The lowest BCUT2D eigenvalue weighted by Crippen LogP contribution is -2.61. The Bertz CT molecular complexity index is 917. The maximum absolute atomic E-state index is 13.6. The number of ether oxygens (including phenoxy) is 1. The Hall–Kier alpha value is -1.57. The molecular weight excluding hydrogens is 470 g/mol. The molecule has 0 radical (unpaired) electrons. The number of halogens is 1. The Kier molecular flexibility index (Phi) is 8.34. The van der Waals surface area contributed by atoms with Crippen molar-refractivity contribution in [3.05, 3.63) is 11.6 Å². The standard InChI is InChI=1S/C27H39NO6.ClH/c1-25-11-9-18(29)14-17(25)7-8-19-20-10-12-27(33,26(20,2)15-21(30)24(19)25)22(31)16-34-23(32)6-4-3-5-13-28;/h14,19-20,24,33H,3-13,15-16,28H2,1-2H3;1H/t19-,20-,24+,25-,26-,27-;/m0./s1. The maximum atomic E-state index is 13.6. The van der Waals surface area contributed by atoms with Crippen LogP contribution < -0.4 is 5.73 Å². The topological polar surface area (TPSA) is 124 Å². The number of esters is 1. The number of ketones is 3. The molecule has 0 aromatic heterocycles. The van der Waals surface area contributed by atoms with Gasteiger partial charge in [0.2, 0.25) is 5.78 Å². The number of aliphatic hydroxyl groups is 1. The van der Waals surface area contributed by atoms with Crippen molar-refractivity contribution >= 4 is 35.7 Å². The highest BCUT2D eigenvalue weighted by atomic mass is 35.5. The van der Waals surface area contributed by atoms with Gasteiger partial charge in [-0.05, 0) is 74.8 Å². The Balaban J connectivity index is 0.00000342. The fourth-order valence-electron chi connectivity index (χ4n) is 7.77. The van der Waals surface area contributed by atoms with Gasteiger partial charge in [0, 0.05) is 30.6 Å². The van der Waals surface area contributed by atoms with Gasteiger partial charge in [0.15, 0.2) is 12.4 Å². The number of fused-ring (bicyclic) bond motifs is 5. The molecule has 0 aliphatic heterocycles. The molecule has 8 heteroatoms. The second-order valence-corrected chi connectivity index (χ2v) is 11.5. The first-order valence-corrected chi connectivity index (χ1v) is 12.9. The molecule has 6 atom stereocenters. The predicted octanol–water partition coefficient (Wildman–Crippen LogP) is 3.48. The molecule has 0 bridgehead atoms. The molecule has 0 unspecified atom stereocenters. The summed E-state index contributed by atoms with van der Waals surface area (Å²) >= 11 is 0. The second-order valence-electron chi connectivity index (χ2n) is 11.5. The molecular formula is C27H40ClNO6. The third-order valence-corrected chi connectivity index (χ3v) is 9.72. The third-order valence-electron chi connectivity index (χ3n) is 9.72. The summed E-state index contributed by atoms with van der Waals surface area (Å²) in [5, 5.41) is 11.6. The third kappa shape index (κ3) is 4.64. The van der Waals surface area contributed by atoms with Crippen LogP contribution in [0.5, 0.6) is 0 Å². The van der Waals surface area contributed by atoms with Crippen LogP contribution >= 0.6 is 12.4 Å². The number of Topliss-reactive ketones (excluding diaryl/α,β-unsaturated/α-hetero) is 2. The normalized spacial score (nSPS) is 37.9. The van der Waals surface area contributed by atoms with Crippen molar-refractivity contribution in [2.24, 2.45) is 34.3 Å². The van der Waals surface area contributed by atoms with Crippen molar-refractivity contribution < 1.29 is 29.0 Å². The molecule has 0 aromatic rings. The Morgan fingerprint density at radius 3 is 2.57 bits per heavy atom. The van der Waals surface area contributed by atoms with E-state index in [1.807, 2.05) is 6.92 Å². The van der Waals surface area contributed by atoms with E-state index in [-0.39, 0.29) is 66.4 Å². The largest absolute Gasteiger partial charge is 0.458 e. The summed E-state index contributed by atoms with van der Waals surface area (Å²) in [7, 11) is 0. The Labute approximate surface area is 214 Å². The van der Waals surface area contributed by atoms with Crippen LogP contribution in [0.2, 0.25) is 0 Å². The Morgan fingerprint density at radius 2 is 1.86 bits per heavy atom. The number of unbranched alkanes of at least 4 members (excludes halogenated alkanes) is 2. The van der Waals surface area contributed by atoms with Crippen molar-refractivity contribution in [2.75, 3.05) is 13.2 Å².